The van der Waals surface area contributed by atoms with Gasteiger partial charge in [-0.15, -0.1) is 13.2 Å². The van der Waals surface area contributed by atoms with Gasteiger partial charge in [0, 0.05) is 6.54 Å². The molecule has 0 saturated carbocycles. The van der Waals surface area contributed by atoms with Crippen molar-refractivity contribution in [3.63, 3.8) is 0 Å². The molecule has 0 bridgehead atoms. The van der Waals surface area contributed by atoms with E-state index in [-0.39, 0.29) is 5.75 Å². The van der Waals surface area contributed by atoms with Gasteiger partial charge >= 0.3 is 6.36 Å². The maximum Gasteiger partial charge on any atom is 0.573 e. The molecular formula is C14H12BrF3N2O. The minimum absolute atomic E-state index is 0.229. The zero-order chi connectivity index (χ0) is 15.5. The zero-order valence-corrected chi connectivity index (χ0v) is 12.6. The summed E-state index contributed by atoms with van der Waals surface area (Å²) in [6, 6.07) is 9.50. The number of pyridine rings is 1. The predicted molar refractivity (Wildman–Crippen MR) is 77.1 cm³/mol. The molecule has 0 fully saturated rings. The standard InChI is InChI=1S/C14H12BrF3N2O/c1-9-12(5-6-13(15)20-9)19-8-10-3-2-4-11(7-10)21-14(16,17)18/h2-7,19H,8H2,1H3. The highest BCUT2D eigenvalue weighted by Gasteiger charge is 2.31. The van der Waals surface area contributed by atoms with E-state index in [1.54, 1.807) is 12.1 Å². The molecule has 0 atom stereocenters. The van der Waals surface area contributed by atoms with Crippen LogP contribution in [0.15, 0.2) is 41.0 Å². The lowest BCUT2D eigenvalue weighted by Crippen LogP contribution is -2.17. The van der Waals surface area contributed by atoms with E-state index in [4.69, 9.17) is 0 Å². The quantitative estimate of drug-likeness (QED) is 0.805. The van der Waals surface area contributed by atoms with Gasteiger partial charge in [-0.2, -0.15) is 0 Å². The number of rotatable bonds is 4. The lowest BCUT2D eigenvalue weighted by Gasteiger charge is -2.12. The Labute approximate surface area is 128 Å². The average molecular weight is 361 g/mol. The van der Waals surface area contributed by atoms with Gasteiger partial charge < -0.3 is 10.1 Å². The van der Waals surface area contributed by atoms with Crippen molar-refractivity contribution in [3.05, 3.63) is 52.3 Å². The third kappa shape index (κ3) is 4.93. The van der Waals surface area contributed by atoms with Crippen molar-refractivity contribution in [2.24, 2.45) is 0 Å². The van der Waals surface area contributed by atoms with E-state index in [0.29, 0.717) is 12.1 Å². The first kappa shape index (κ1) is 15.6. The Bertz CT molecular complexity index is 632. The maximum atomic E-state index is 12.2. The number of nitrogens with zero attached hydrogens (tertiary/aromatic N) is 1. The molecule has 0 unspecified atom stereocenters. The largest absolute Gasteiger partial charge is 0.573 e. The van der Waals surface area contributed by atoms with Gasteiger partial charge in [-0.1, -0.05) is 12.1 Å². The van der Waals surface area contributed by atoms with Crippen molar-refractivity contribution in [2.75, 3.05) is 5.32 Å². The molecule has 1 aromatic carbocycles. The van der Waals surface area contributed by atoms with Crippen LogP contribution in [0.25, 0.3) is 0 Å². The van der Waals surface area contributed by atoms with Crippen LogP contribution in [-0.4, -0.2) is 11.3 Å². The van der Waals surface area contributed by atoms with E-state index >= 15 is 0 Å². The second-order valence-corrected chi connectivity index (χ2v) is 5.13. The minimum atomic E-state index is -4.68. The predicted octanol–water partition coefficient (Wildman–Crippen LogP) is 4.66. The summed E-state index contributed by atoms with van der Waals surface area (Å²) in [6.07, 6.45) is -4.68. The van der Waals surface area contributed by atoms with Crippen LogP contribution in [0.2, 0.25) is 0 Å². The number of alkyl halides is 3. The van der Waals surface area contributed by atoms with E-state index < -0.39 is 6.36 Å². The molecule has 2 aromatic rings. The van der Waals surface area contributed by atoms with Gasteiger partial charge in [-0.05, 0) is 52.7 Å². The van der Waals surface area contributed by atoms with Gasteiger partial charge in [0.05, 0.1) is 11.4 Å². The Morgan fingerprint density at radius 2 is 2.00 bits per heavy atom. The van der Waals surface area contributed by atoms with Crippen LogP contribution >= 0.6 is 15.9 Å². The zero-order valence-electron chi connectivity index (χ0n) is 11.0. The molecule has 112 valence electrons. The van der Waals surface area contributed by atoms with Crippen molar-refractivity contribution in [1.82, 2.24) is 4.98 Å². The highest BCUT2D eigenvalue weighted by molar-refractivity contribution is 9.10. The molecular weight excluding hydrogens is 349 g/mol. The van der Waals surface area contributed by atoms with Crippen LogP contribution in [0.4, 0.5) is 18.9 Å². The molecule has 0 aliphatic carbocycles. The van der Waals surface area contributed by atoms with Gasteiger partial charge in [-0.25, -0.2) is 4.98 Å². The second kappa shape index (κ2) is 6.34. The number of hydrogen-bond acceptors (Lipinski definition) is 3. The van der Waals surface area contributed by atoms with Crippen molar-refractivity contribution < 1.29 is 17.9 Å². The summed E-state index contributed by atoms with van der Waals surface area (Å²) in [5.74, 6) is -0.229. The molecule has 1 N–H and O–H groups in total. The number of aromatic nitrogens is 1. The number of nitrogens with one attached hydrogen (secondary N) is 1. The minimum Gasteiger partial charge on any atom is -0.406 e. The molecule has 3 nitrogen and oxygen atoms in total. The van der Waals surface area contributed by atoms with E-state index in [2.05, 4.69) is 31.0 Å². The lowest BCUT2D eigenvalue weighted by atomic mass is 10.2. The summed E-state index contributed by atoms with van der Waals surface area (Å²) < 4.78 is 41.1. The smallest absolute Gasteiger partial charge is 0.406 e. The fourth-order valence-corrected chi connectivity index (χ4v) is 2.17. The SMILES string of the molecule is Cc1nc(Br)ccc1NCc1cccc(OC(F)(F)F)c1. The molecule has 1 heterocycles. The van der Waals surface area contributed by atoms with Crippen LogP contribution in [-0.2, 0) is 6.54 Å². The fraction of sp³-hybridized carbons (Fsp3) is 0.214. The van der Waals surface area contributed by atoms with Crippen molar-refractivity contribution in [3.8, 4) is 5.75 Å². The van der Waals surface area contributed by atoms with Crippen LogP contribution in [0.5, 0.6) is 5.75 Å². The summed E-state index contributed by atoms with van der Waals surface area (Å²) in [7, 11) is 0. The molecule has 21 heavy (non-hydrogen) atoms. The van der Waals surface area contributed by atoms with E-state index in [1.807, 2.05) is 13.0 Å². The summed E-state index contributed by atoms with van der Waals surface area (Å²) in [6.45, 7) is 2.22. The Hall–Kier alpha value is -1.76. The van der Waals surface area contributed by atoms with Crippen molar-refractivity contribution in [2.45, 2.75) is 19.8 Å². The van der Waals surface area contributed by atoms with Crippen LogP contribution in [0.3, 0.4) is 0 Å². The summed E-state index contributed by atoms with van der Waals surface area (Å²) in [5.41, 5.74) is 2.30. The Kier molecular flexibility index (Phi) is 4.72. The first-order valence-corrected chi connectivity index (χ1v) is 6.84. The monoisotopic (exact) mass is 360 g/mol. The highest BCUT2D eigenvalue weighted by Crippen LogP contribution is 2.24. The van der Waals surface area contributed by atoms with Crippen LogP contribution in [0, 0.1) is 6.92 Å². The number of benzene rings is 1. The van der Waals surface area contributed by atoms with Crippen molar-refractivity contribution in [1.29, 1.82) is 0 Å². The lowest BCUT2D eigenvalue weighted by molar-refractivity contribution is -0.274. The first-order valence-electron chi connectivity index (χ1n) is 6.05. The van der Waals surface area contributed by atoms with Gasteiger partial charge in [0.15, 0.2) is 0 Å². The van der Waals surface area contributed by atoms with Crippen LogP contribution in [0.1, 0.15) is 11.3 Å². The number of ether oxygens (including phenoxy) is 1. The van der Waals surface area contributed by atoms with Gasteiger partial charge in [0.25, 0.3) is 0 Å². The summed E-state index contributed by atoms with van der Waals surface area (Å²) >= 11 is 3.27. The number of halogens is 4. The van der Waals surface area contributed by atoms with Gasteiger partial charge in [0.1, 0.15) is 10.4 Å². The molecule has 1 aromatic heterocycles. The highest BCUT2D eigenvalue weighted by atomic mass is 79.9. The first-order chi connectivity index (χ1) is 9.83. The molecule has 0 amide bonds. The number of hydrogen-bond donors (Lipinski definition) is 1. The van der Waals surface area contributed by atoms with Crippen molar-refractivity contribution >= 4 is 21.6 Å². The Morgan fingerprint density at radius 1 is 1.24 bits per heavy atom. The normalized spacial score (nSPS) is 11.3. The average Bonchev–Trinajstić information content (AvgIpc) is 2.36. The van der Waals surface area contributed by atoms with E-state index in [9.17, 15) is 13.2 Å². The van der Waals surface area contributed by atoms with Crippen LogP contribution < -0.4 is 10.1 Å². The third-order valence-corrected chi connectivity index (χ3v) is 3.11. The Morgan fingerprint density at radius 3 is 2.67 bits per heavy atom. The number of aryl methyl sites for hydroxylation is 1. The second-order valence-electron chi connectivity index (χ2n) is 4.32. The maximum absolute atomic E-state index is 12.2. The molecule has 0 aliphatic rings. The van der Waals surface area contributed by atoms with Gasteiger partial charge in [0.2, 0.25) is 0 Å². The van der Waals surface area contributed by atoms with E-state index in [0.717, 1.165) is 16.0 Å². The fourth-order valence-electron chi connectivity index (χ4n) is 1.77. The Balaban J connectivity index is 2.05. The molecule has 0 saturated heterocycles. The molecule has 0 radical (unpaired) electrons. The molecule has 0 spiro atoms. The van der Waals surface area contributed by atoms with E-state index in [1.165, 1.54) is 18.2 Å². The summed E-state index contributed by atoms with van der Waals surface area (Å²) in [4.78, 5) is 4.23. The third-order valence-electron chi connectivity index (χ3n) is 2.67. The van der Waals surface area contributed by atoms with Gasteiger partial charge in [-0.3, -0.25) is 0 Å². The molecule has 2 rings (SSSR count). The summed E-state index contributed by atoms with van der Waals surface area (Å²) in [5, 5.41) is 3.13. The molecule has 0 aliphatic heterocycles. The number of anilines is 1. The topological polar surface area (TPSA) is 34.2 Å². The molecule has 7 heteroatoms.